The zero-order chi connectivity index (χ0) is 37.9. The van der Waals surface area contributed by atoms with Gasteiger partial charge < -0.3 is 24.4 Å². The normalized spacial score (nSPS) is 23.9. The number of ether oxygens (including phenoxy) is 2. The lowest BCUT2D eigenvalue weighted by atomic mass is 9.82. The number of H-pyrrole nitrogens is 1. The fourth-order valence-electron chi connectivity index (χ4n) is 9.46. The van der Waals surface area contributed by atoms with Crippen molar-refractivity contribution in [2.45, 2.75) is 69.1 Å². The number of methoxy groups -OCH3 is 1. The predicted molar refractivity (Wildman–Crippen MR) is 213 cm³/mol. The smallest absolute Gasteiger partial charge is 0.279 e. The number of para-hydroxylation sites is 1. The van der Waals surface area contributed by atoms with E-state index >= 15 is 4.79 Å². The van der Waals surface area contributed by atoms with Gasteiger partial charge in [0.25, 0.3) is 11.5 Å². The van der Waals surface area contributed by atoms with Crippen molar-refractivity contribution in [3.05, 3.63) is 117 Å². The molecule has 4 aromatic carbocycles. The zero-order valence-corrected chi connectivity index (χ0v) is 32.7. The van der Waals surface area contributed by atoms with E-state index in [1.54, 1.807) is 29.0 Å². The van der Waals surface area contributed by atoms with Crippen molar-refractivity contribution in [1.82, 2.24) is 14.7 Å². The molecule has 1 aromatic heterocycles. The number of anilines is 1. The standard InChI is InChI=1S/C42H45ClN4O6Si/c1-26-39(54(3,4)32-18-16-31(52-2)17-19-32)37(23-38(49)45-21-7-8-30(45)25-48)53-42(26)34-22-28(43)13-20-36(34)46(41(42)51)24-27-11-14-29(15-12-27)47-40(50)33-9-5-6-10-35(33)44-47/h5-6,9-20,22,26,30,37,39,44,48H,7-8,21,23-25H2,1-4H3/t26-,30-,37+,39-,42+/m0/s1. The number of benzene rings is 4. The summed E-state index contributed by atoms with van der Waals surface area (Å²) in [4.78, 5) is 45.9. The Kier molecular flexibility index (Phi) is 9.32. The number of aliphatic hydroxyl groups excluding tert-OH is 1. The van der Waals surface area contributed by atoms with Crippen LogP contribution in [0.3, 0.4) is 0 Å². The number of hydrogen-bond donors (Lipinski definition) is 2. The number of fused-ring (bicyclic) bond motifs is 3. The van der Waals surface area contributed by atoms with Crippen molar-refractivity contribution in [3.63, 3.8) is 0 Å². The number of rotatable bonds is 9. The maximum Gasteiger partial charge on any atom is 0.279 e. The van der Waals surface area contributed by atoms with Crippen molar-refractivity contribution in [1.29, 1.82) is 0 Å². The lowest BCUT2D eigenvalue weighted by molar-refractivity contribution is -0.150. The number of halogens is 1. The fourth-order valence-corrected chi connectivity index (χ4v) is 13.6. The lowest BCUT2D eigenvalue weighted by Gasteiger charge is -2.37. The highest BCUT2D eigenvalue weighted by molar-refractivity contribution is 6.91. The maximum atomic E-state index is 15.2. The molecule has 2 saturated heterocycles. The molecule has 3 aliphatic heterocycles. The first-order valence-electron chi connectivity index (χ1n) is 18.6. The summed E-state index contributed by atoms with van der Waals surface area (Å²) in [6.07, 6.45) is 1.16. The molecule has 280 valence electrons. The first-order chi connectivity index (χ1) is 26.0. The van der Waals surface area contributed by atoms with Gasteiger partial charge in [0, 0.05) is 23.0 Å². The summed E-state index contributed by atoms with van der Waals surface area (Å²) >= 11 is 6.69. The number of nitrogens with one attached hydrogen (secondary N) is 1. The molecule has 2 fully saturated rings. The molecule has 4 heterocycles. The minimum Gasteiger partial charge on any atom is -0.497 e. The largest absolute Gasteiger partial charge is 0.497 e. The van der Waals surface area contributed by atoms with E-state index in [-0.39, 0.29) is 54.4 Å². The quantitative estimate of drug-likeness (QED) is 0.175. The van der Waals surface area contributed by atoms with Crippen LogP contribution in [0.4, 0.5) is 5.69 Å². The molecule has 10 nitrogen and oxygen atoms in total. The van der Waals surface area contributed by atoms with Crippen molar-refractivity contribution < 1.29 is 24.2 Å². The molecule has 0 saturated carbocycles. The number of aromatic nitrogens is 2. The number of carbonyl (C=O) groups is 2. The molecule has 1 spiro atoms. The van der Waals surface area contributed by atoms with Crippen LogP contribution >= 0.6 is 11.6 Å². The van der Waals surface area contributed by atoms with Gasteiger partial charge in [-0.2, -0.15) is 0 Å². The Morgan fingerprint density at radius 3 is 2.48 bits per heavy atom. The summed E-state index contributed by atoms with van der Waals surface area (Å²) in [6, 6.07) is 28.5. The second kappa shape index (κ2) is 13.9. The van der Waals surface area contributed by atoms with Crippen LogP contribution < -0.4 is 20.4 Å². The van der Waals surface area contributed by atoms with Crippen molar-refractivity contribution >= 4 is 53.3 Å². The number of aliphatic hydroxyl groups is 1. The number of aromatic amines is 1. The van der Waals surface area contributed by atoms with Gasteiger partial charge in [-0.05, 0) is 78.5 Å². The highest BCUT2D eigenvalue weighted by Crippen LogP contribution is 2.60. The summed E-state index contributed by atoms with van der Waals surface area (Å²) < 4.78 is 14.2. The molecule has 2 N–H and O–H groups in total. The highest BCUT2D eigenvalue weighted by atomic mass is 35.5. The molecule has 5 atom stereocenters. The predicted octanol–water partition coefficient (Wildman–Crippen LogP) is 6.12. The first-order valence-corrected chi connectivity index (χ1v) is 22.1. The zero-order valence-electron chi connectivity index (χ0n) is 30.9. The summed E-state index contributed by atoms with van der Waals surface area (Å²) in [7, 11) is -0.839. The summed E-state index contributed by atoms with van der Waals surface area (Å²) in [5.41, 5.74) is 2.12. The third kappa shape index (κ3) is 5.80. The number of nitrogens with zero attached hydrogens (tertiary/aromatic N) is 3. The Morgan fingerprint density at radius 1 is 1.04 bits per heavy atom. The summed E-state index contributed by atoms with van der Waals surface area (Å²) in [5, 5.41) is 15.5. The average Bonchev–Trinajstić information content (AvgIpc) is 3.92. The van der Waals surface area contributed by atoms with E-state index in [1.807, 2.05) is 66.7 Å². The van der Waals surface area contributed by atoms with E-state index < -0.39 is 19.8 Å². The van der Waals surface area contributed by atoms with Gasteiger partial charge in [-0.3, -0.25) is 19.5 Å². The number of likely N-dealkylation sites (tertiary alicyclic amines) is 1. The Hall–Kier alpha value is -4.68. The van der Waals surface area contributed by atoms with Crippen LogP contribution in [-0.2, 0) is 26.5 Å². The summed E-state index contributed by atoms with van der Waals surface area (Å²) in [6.45, 7) is 7.47. The van der Waals surface area contributed by atoms with E-state index in [2.05, 4.69) is 37.2 Å². The van der Waals surface area contributed by atoms with E-state index in [4.69, 9.17) is 21.1 Å². The molecule has 54 heavy (non-hydrogen) atoms. The van der Waals surface area contributed by atoms with Crippen LogP contribution in [0.5, 0.6) is 5.75 Å². The number of amides is 2. The molecule has 0 radical (unpaired) electrons. The van der Waals surface area contributed by atoms with Crippen molar-refractivity contribution in [2.75, 3.05) is 25.2 Å². The van der Waals surface area contributed by atoms with Crippen LogP contribution in [0.25, 0.3) is 16.6 Å². The third-order valence-corrected chi connectivity index (χ3v) is 16.8. The van der Waals surface area contributed by atoms with Gasteiger partial charge in [0.2, 0.25) is 5.91 Å². The van der Waals surface area contributed by atoms with Gasteiger partial charge >= 0.3 is 0 Å². The van der Waals surface area contributed by atoms with Gasteiger partial charge in [-0.1, -0.05) is 73.2 Å². The second-order valence-electron chi connectivity index (χ2n) is 15.4. The Balaban J connectivity index is 1.16. The Labute approximate surface area is 320 Å². The lowest BCUT2D eigenvalue weighted by Crippen LogP contribution is -2.52. The van der Waals surface area contributed by atoms with Crippen LogP contribution in [-0.4, -0.2) is 72.1 Å². The Bertz CT molecular complexity index is 2290. The monoisotopic (exact) mass is 764 g/mol. The second-order valence-corrected chi connectivity index (χ2v) is 20.6. The molecule has 2 amide bonds. The first kappa shape index (κ1) is 36.3. The van der Waals surface area contributed by atoms with E-state index in [9.17, 15) is 14.7 Å². The maximum absolute atomic E-state index is 15.2. The number of carbonyl (C=O) groups excluding carboxylic acids is 2. The molecular formula is C42H45ClN4O6Si. The van der Waals surface area contributed by atoms with Gasteiger partial charge in [0.15, 0.2) is 5.60 Å². The van der Waals surface area contributed by atoms with Crippen molar-refractivity contribution in [3.8, 4) is 11.4 Å². The molecule has 5 aromatic rings. The molecule has 0 aliphatic carbocycles. The molecule has 0 bridgehead atoms. The van der Waals surface area contributed by atoms with Crippen molar-refractivity contribution in [2.24, 2.45) is 5.92 Å². The van der Waals surface area contributed by atoms with Crippen LogP contribution in [0.15, 0.2) is 95.8 Å². The van der Waals surface area contributed by atoms with Gasteiger partial charge in [0.1, 0.15) is 5.75 Å². The molecule has 3 aliphatic rings. The molecule has 0 unspecified atom stereocenters. The Morgan fingerprint density at radius 2 is 1.78 bits per heavy atom. The fraction of sp³-hybridized carbons (Fsp3) is 0.357. The number of hydrogen-bond acceptors (Lipinski definition) is 6. The van der Waals surface area contributed by atoms with E-state index in [0.717, 1.165) is 35.4 Å². The van der Waals surface area contributed by atoms with Crippen LogP contribution in [0.1, 0.15) is 37.3 Å². The average molecular weight is 765 g/mol. The summed E-state index contributed by atoms with van der Waals surface area (Å²) in [5.74, 6) is 0.209. The molecule has 12 heteroatoms. The minimum absolute atomic E-state index is 0.0619. The van der Waals surface area contributed by atoms with E-state index in [0.29, 0.717) is 28.2 Å². The van der Waals surface area contributed by atoms with Gasteiger partial charge in [-0.15, -0.1) is 0 Å². The van der Waals surface area contributed by atoms with E-state index in [1.165, 1.54) is 9.87 Å². The SMILES string of the molecule is COc1ccc([Si](C)(C)[C@@H]2[C@@H](CC(=O)N3CCC[C@H]3CO)O[C@]3(C(=O)N(Cc4ccc(-n5[nH]c6ccccc6c5=O)cc4)c4ccc(Cl)cc43)[C@H]2C)cc1. The minimum atomic E-state index is -2.49. The van der Waals surface area contributed by atoms with Gasteiger partial charge in [-0.25, -0.2) is 4.68 Å². The van der Waals surface area contributed by atoms with Gasteiger partial charge in [0.05, 0.1) is 69.2 Å². The van der Waals surface area contributed by atoms with Crippen LogP contribution in [0.2, 0.25) is 23.7 Å². The third-order valence-electron chi connectivity index (χ3n) is 12.2. The molecule has 8 rings (SSSR count). The van der Waals surface area contributed by atoms with Crippen LogP contribution in [0, 0.1) is 5.92 Å². The highest BCUT2D eigenvalue weighted by Gasteiger charge is 2.66. The molecular weight excluding hydrogens is 720 g/mol. The topological polar surface area (TPSA) is 117 Å².